The maximum absolute atomic E-state index is 11.7. The van der Waals surface area contributed by atoms with E-state index in [0.29, 0.717) is 22.9 Å². The third-order valence-corrected chi connectivity index (χ3v) is 3.39. The van der Waals surface area contributed by atoms with Crippen LogP contribution in [-0.4, -0.2) is 44.8 Å². The van der Waals surface area contributed by atoms with Gasteiger partial charge in [0.2, 0.25) is 0 Å². The Morgan fingerprint density at radius 2 is 2.18 bits per heavy atom. The van der Waals surface area contributed by atoms with Crippen LogP contribution in [0.25, 0.3) is 5.65 Å². The molecule has 9 heteroatoms. The average Bonchev–Trinajstić information content (AvgIpc) is 2.99. The molecule has 110 valence electrons. The van der Waals surface area contributed by atoms with Crippen molar-refractivity contribution in [3.63, 3.8) is 0 Å². The smallest absolute Gasteiger partial charge is 0.264 e. The van der Waals surface area contributed by atoms with Gasteiger partial charge in [-0.1, -0.05) is 0 Å². The Kier molecular flexibility index (Phi) is 2.65. The van der Waals surface area contributed by atoms with Crippen molar-refractivity contribution in [3.8, 4) is 5.75 Å². The lowest BCUT2D eigenvalue weighted by atomic mass is 10.2. The van der Waals surface area contributed by atoms with Crippen LogP contribution in [0.2, 0.25) is 0 Å². The number of aromatic nitrogens is 5. The lowest BCUT2D eigenvalue weighted by Gasteiger charge is -2.26. The van der Waals surface area contributed by atoms with Crippen LogP contribution in [0.15, 0.2) is 30.3 Å². The number of carbonyl (C=O) groups excluding carboxylic acids is 1. The minimum absolute atomic E-state index is 0.0633. The third kappa shape index (κ3) is 1.99. The van der Waals surface area contributed by atoms with Crippen LogP contribution in [-0.2, 0) is 4.79 Å². The lowest BCUT2D eigenvalue weighted by Crippen LogP contribution is -2.35. The average molecular weight is 297 g/mol. The summed E-state index contributed by atoms with van der Waals surface area (Å²) in [5.41, 5.74) is 2.06. The Morgan fingerprint density at radius 3 is 3.09 bits per heavy atom. The monoisotopic (exact) mass is 297 g/mol. The maximum atomic E-state index is 11.7. The van der Waals surface area contributed by atoms with E-state index in [1.807, 2.05) is 18.2 Å². The number of nitrogens with one attached hydrogen (secondary N) is 1. The topological polar surface area (TPSA) is 97.5 Å². The molecule has 1 aliphatic heterocycles. The molecule has 22 heavy (non-hydrogen) atoms. The first-order chi connectivity index (χ1) is 10.7. The predicted octanol–water partition coefficient (Wildman–Crippen LogP) is 0.618. The summed E-state index contributed by atoms with van der Waals surface area (Å²) in [5.74, 6) is 1.18. The van der Waals surface area contributed by atoms with Gasteiger partial charge >= 0.3 is 0 Å². The highest BCUT2D eigenvalue weighted by Gasteiger charge is 2.22. The third-order valence-electron chi connectivity index (χ3n) is 3.39. The van der Waals surface area contributed by atoms with E-state index in [-0.39, 0.29) is 12.5 Å². The van der Waals surface area contributed by atoms with Gasteiger partial charge in [-0.3, -0.25) is 4.79 Å². The first-order valence-corrected chi connectivity index (χ1v) is 6.56. The molecule has 1 amide bonds. The van der Waals surface area contributed by atoms with Crippen LogP contribution >= 0.6 is 0 Å². The number of likely N-dealkylation sites (N-methyl/N-ethyl adjacent to an activating group) is 1. The van der Waals surface area contributed by atoms with Gasteiger partial charge in [0.15, 0.2) is 18.1 Å². The molecule has 3 aromatic rings. The molecule has 9 nitrogen and oxygen atoms in total. The van der Waals surface area contributed by atoms with E-state index in [2.05, 4.69) is 25.9 Å². The van der Waals surface area contributed by atoms with Crippen LogP contribution in [0.1, 0.15) is 0 Å². The van der Waals surface area contributed by atoms with E-state index < -0.39 is 0 Å². The van der Waals surface area contributed by atoms with Gasteiger partial charge in [0.1, 0.15) is 5.75 Å². The molecule has 1 aromatic carbocycles. The number of hydrogen-bond acceptors (Lipinski definition) is 7. The van der Waals surface area contributed by atoms with Gasteiger partial charge in [-0.05, 0) is 40.8 Å². The molecule has 0 fully saturated rings. The van der Waals surface area contributed by atoms with Crippen LogP contribution in [0, 0.1) is 0 Å². The highest BCUT2D eigenvalue weighted by atomic mass is 16.5. The van der Waals surface area contributed by atoms with E-state index in [4.69, 9.17) is 4.74 Å². The van der Waals surface area contributed by atoms with Gasteiger partial charge in [-0.15, -0.1) is 14.8 Å². The summed E-state index contributed by atoms with van der Waals surface area (Å²) in [7, 11) is 1.72. The number of tetrazole rings is 1. The molecule has 1 aliphatic rings. The Morgan fingerprint density at radius 1 is 1.27 bits per heavy atom. The Balaban J connectivity index is 1.67. The highest BCUT2D eigenvalue weighted by molar-refractivity contribution is 5.98. The molecule has 0 unspecified atom stereocenters. The van der Waals surface area contributed by atoms with Gasteiger partial charge in [0.05, 0.1) is 5.69 Å². The molecular weight excluding hydrogens is 286 g/mol. The number of ether oxygens (including phenoxy) is 1. The van der Waals surface area contributed by atoms with Crippen molar-refractivity contribution in [1.29, 1.82) is 0 Å². The number of nitrogens with zero attached hydrogens (tertiary/aromatic N) is 6. The van der Waals surface area contributed by atoms with Crippen molar-refractivity contribution in [2.24, 2.45) is 0 Å². The highest BCUT2D eigenvalue weighted by Crippen LogP contribution is 2.34. The second-order valence-electron chi connectivity index (χ2n) is 4.79. The molecule has 2 aromatic heterocycles. The van der Waals surface area contributed by atoms with Crippen LogP contribution in [0.3, 0.4) is 0 Å². The molecule has 0 bridgehead atoms. The molecule has 0 radical (unpaired) electrons. The van der Waals surface area contributed by atoms with Gasteiger partial charge in [-0.25, -0.2) is 0 Å². The fourth-order valence-corrected chi connectivity index (χ4v) is 2.21. The zero-order valence-electron chi connectivity index (χ0n) is 11.6. The van der Waals surface area contributed by atoms with Gasteiger partial charge in [0.25, 0.3) is 5.91 Å². The zero-order valence-corrected chi connectivity index (χ0v) is 11.6. The first kappa shape index (κ1) is 12.5. The SMILES string of the molecule is CN1C(=O)COc2ccc(Nc3ccc4nnnn4n3)cc21. The van der Waals surface area contributed by atoms with Gasteiger partial charge < -0.3 is 15.0 Å². The summed E-state index contributed by atoms with van der Waals surface area (Å²) in [6.07, 6.45) is 0. The van der Waals surface area contributed by atoms with Crippen LogP contribution in [0.5, 0.6) is 5.75 Å². The van der Waals surface area contributed by atoms with Crippen molar-refractivity contribution in [2.45, 2.75) is 0 Å². The van der Waals surface area contributed by atoms with Crippen molar-refractivity contribution in [3.05, 3.63) is 30.3 Å². The molecule has 0 atom stereocenters. The zero-order chi connectivity index (χ0) is 15.1. The second kappa shape index (κ2) is 4.65. The maximum Gasteiger partial charge on any atom is 0.264 e. The molecule has 0 spiro atoms. The number of benzene rings is 1. The van der Waals surface area contributed by atoms with Crippen molar-refractivity contribution in [1.82, 2.24) is 25.3 Å². The predicted molar refractivity (Wildman–Crippen MR) is 77.2 cm³/mol. The summed E-state index contributed by atoms with van der Waals surface area (Å²) in [4.78, 5) is 13.3. The van der Waals surface area contributed by atoms with Gasteiger partial charge in [-0.2, -0.15) is 0 Å². The molecule has 4 rings (SSSR count). The largest absolute Gasteiger partial charge is 0.482 e. The standard InChI is InChI=1S/C13H11N7O2/c1-19-9-6-8(2-3-10(9)22-7-13(19)21)14-11-4-5-12-15-17-18-20(12)16-11/h2-6H,7H2,1H3,(H,14,16). The van der Waals surface area contributed by atoms with E-state index in [1.165, 1.54) is 4.63 Å². The fraction of sp³-hybridized carbons (Fsp3) is 0.154. The number of fused-ring (bicyclic) bond motifs is 2. The molecule has 1 N–H and O–H groups in total. The van der Waals surface area contributed by atoms with E-state index in [9.17, 15) is 4.79 Å². The molecule has 0 aliphatic carbocycles. The summed E-state index contributed by atoms with van der Waals surface area (Å²) in [6.45, 7) is 0.0633. The lowest BCUT2D eigenvalue weighted by molar-refractivity contribution is -0.120. The molecule has 0 saturated heterocycles. The Hall–Kier alpha value is -3.23. The van der Waals surface area contributed by atoms with Crippen molar-refractivity contribution in [2.75, 3.05) is 23.9 Å². The normalized spacial score (nSPS) is 13.9. The second-order valence-corrected chi connectivity index (χ2v) is 4.79. The van der Waals surface area contributed by atoms with E-state index in [0.717, 1.165) is 5.69 Å². The number of anilines is 3. The number of carbonyl (C=O) groups is 1. The molecule has 0 saturated carbocycles. The number of rotatable bonds is 2. The minimum Gasteiger partial charge on any atom is -0.482 e. The van der Waals surface area contributed by atoms with Crippen molar-refractivity contribution >= 4 is 28.7 Å². The van der Waals surface area contributed by atoms with Gasteiger partial charge in [0, 0.05) is 12.7 Å². The Bertz CT molecular complexity index is 876. The summed E-state index contributed by atoms with van der Waals surface area (Å²) < 4.78 is 6.73. The van der Waals surface area contributed by atoms with E-state index in [1.54, 1.807) is 24.1 Å². The van der Waals surface area contributed by atoms with Crippen LogP contribution in [0.4, 0.5) is 17.2 Å². The van der Waals surface area contributed by atoms with Crippen molar-refractivity contribution < 1.29 is 9.53 Å². The molecular formula is C13H11N7O2. The summed E-state index contributed by atoms with van der Waals surface area (Å²) in [5, 5.41) is 18.5. The summed E-state index contributed by atoms with van der Waals surface area (Å²) >= 11 is 0. The van der Waals surface area contributed by atoms with E-state index >= 15 is 0 Å². The van der Waals surface area contributed by atoms with Crippen LogP contribution < -0.4 is 15.0 Å². The fourth-order valence-electron chi connectivity index (χ4n) is 2.21. The first-order valence-electron chi connectivity index (χ1n) is 6.56. The molecule has 3 heterocycles. The summed E-state index contributed by atoms with van der Waals surface area (Å²) in [6, 6.07) is 9.03. The minimum atomic E-state index is -0.0853. The quantitative estimate of drug-likeness (QED) is 0.740. The Labute approximate surface area is 124 Å². The number of hydrogen-bond donors (Lipinski definition) is 1. The number of amides is 1.